The molecule has 6 rings (SSSR count). The maximum Gasteiger partial charge on any atom is 0.407 e. The Morgan fingerprint density at radius 1 is 0.974 bits per heavy atom. The average molecular weight is 540 g/mol. The Morgan fingerprint density at radius 3 is 2.18 bits per heavy atom. The van der Waals surface area contributed by atoms with Gasteiger partial charge in [-0.1, -0.05) is 20.8 Å². The molecule has 3 unspecified atom stereocenters. The third kappa shape index (κ3) is 2.29. The van der Waals surface area contributed by atoms with Crippen molar-refractivity contribution < 1.29 is 58.2 Å². The summed E-state index contributed by atoms with van der Waals surface area (Å²) in [5.74, 6) is -5.46. The fraction of sp³-hybridized carbons (Fsp3) is 0.840. The second-order valence-corrected chi connectivity index (χ2v) is 13.5. The van der Waals surface area contributed by atoms with Crippen LogP contribution in [0.4, 0.5) is 4.79 Å². The van der Waals surface area contributed by atoms with E-state index >= 15 is 0 Å². The predicted octanol–water partition coefficient (Wildman–Crippen LogP) is -0.866. The van der Waals surface area contributed by atoms with Gasteiger partial charge >= 0.3 is 24.0 Å². The van der Waals surface area contributed by atoms with Gasteiger partial charge in [-0.05, 0) is 33.1 Å². The van der Waals surface area contributed by atoms with Gasteiger partial charge in [0.1, 0.15) is 11.5 Å². The highest BCUT2D eigenvalue weighted by Gasteiger charge is 3.06. The number of esters is 3. The van der Waals surface area contributed by atoms with Crippen LogP contribution in [0.5, 0.6) is 0 Å². The summed E-state index contributed by atoms with van der Waals surface area (Å²) in [6.45, 7) is 11.7. The summed E-state index contributed by atoms with van der Waals surface area (Å²) in [6.07, 6.45) is -10.9. The van der Waals surface area contributed by atoms with E-state index in [1.54, 1.807) is 41.5 Å². The lowest BCUT2D eigenvalue weighted by atomic mass is 9.51. The van der Waals surface area contributed by atoms with Crippen molar-refractivity contribution in [2.24, 2.45) is 28.1 Å². The van der Waals surface area contributed by atoms with Crippen molar-refractivity contribution in [2.75, 3.05) is 0 Å². The fourth-order valence-electron chi connectivity index (χ4n) is 8.83. The van der Waals surface area contributed by atoms with Crippen LogP contribution in [0.2, 0.25) is 0 Å². The number of aliphatic hydroxyl groups excluding tert-OH is 2. The molecule has 0 aromatic heterocycles. The largest absolute Gasteiger partial charge is 0.456 e. The lowest BCUT2D eigenvalue weighted by Crippen LogP contribution is -2.67. The molecule has 13 nitrogen and oxygen atoms in total. The number of aliphatic hydroxyl groups is 3. The van der Waals surface area contributed by atoms with Gasteiger partial charge in [0.25, 0.3) is 0 Å². The number of fused-ring (bicyclic) bond motifs is 1. The fourth-order valence-corrected chi connectivity index (χ4v) is 8.83. The van der Waals surface area contributed by atoms with Crippen molar-refractivity contribution in [2.45, 2.75) is 102 Å². The third-order valence-corrected chi connectivity index (χ3v) is 9.63. The van der Waals surface area contributed by atoms with Gasteiger partial charge in [0.15, 0.2) is 23.9 Å². The standard InChI is InChI=1S/C25H33NO12/c1-8-15(29)34-14-13(36-19(32)26-21(5,6)7)23-12-9(27)10(20(2,3)4)22(23)11(28)16(30)37-18(22)38-25(23,17(31)35-12)24(8,14)33/h8-14,18,27-28,33H,1-7H3,(H,26,32)/t8-,9-,10+,11+,12-,13+,14?,18+,22?,23?,24-,25-/m1/s1. The van der Waals surface area contributed by atoms with Crippen LogP contribution in [-0.4, -0.2) is 92.9 Å². The van der Waals surface area contributed by atoms with Crippen molar-refractivity contribution in [3.8, 4) is 0 Å². The molecule has 4 heterocycles. The topological polar surface area (TPSA) is 187 Å². The normalized spacial score (nSPS) is 52.1. The van der Waals surface area contributed by atoms with E-state index in [1.807, 2.05) is 0 Å². The van der Waals surface area contributed by atoms with E-state index in [2.05, 4.69) is 5.32 Å². The molecule has 0 bridgehead atoms. The molecule has 4 saturated heterocycles. The van der Waals surface area contributed by atoms with E-state index in [-0.39, 0.29) is 0 Å². The van der Waals surface area contributed by atoms with Crippen LogP contribution in [0.25, 0.3) is 0 Å². The van der Waals surface area contributed by atoms with Crippen molar-refractivity contribution in [3.63, 3.8) is 0 Å². The van der Waals surface area contributed by atoms with E-state index in [4.69, 9.17) is 23.7 Å². The molecule has 6 fully saturated rings. The molecule has 6 aliphatic rings. The van der Waals surface area contributed by atoms with Crippen LogP contribution >= 0.6 is 0 Å². The summed E-state index contributed by atoms with van der Waals surface area (Å²) in [5.41, 5.74) is -10.6. The van der Waals surface area contributed by atoms with Crippen LogP contribution in [0, 0.1) is 28.1 Å². The summed E-state index contributed by atoms with van der Waals surface area (Å²) in [5, 5.41) is 38.3. The average Bonchev–Trinajstić information content (AvgIpc) is 3.45. The molecule has 0 aromatic carbocycles. The Bertz CT molecular complexity index is 1170. The first-order chi connectivity index (χ1) is 17.3. The molecular formula is C25H33NO12. The number of nitrogens with one attached hydrogen (secondary N) is 1. The maximum atomic E-state index is 13.9. The summed E-state index contributed by atoms with van der Waals surface area (Å²) in [4.78, 5) is 52.8. The monoisotopic (exact) mass is 539 g/mol. The number of ether oxygens (including phenoxy) is 5. The highest BCUT2D eigenvalue weighted by Crippen LogP contribution is 2.84. The summed E-state index contributed by atoms with van der Waals surface area (Å²) in [7, 11) is 0. The zero-order valence-electron chi connectivity index (χ0n) is 22.1. The van der Waals surface area contributed by atoms with E-state index < -0.39 is 106 Å². The smallest absolute Gasteiger partial charge is 0.407 e. The Hall–Kier alpha value is -2.48. The van der Waals surface area contributed by atoms with Crippen molar-refractivity contribution in [1.82, 2.24) is 5.32 Å². The minimum atomic E-state index is -2.49. The SMILES string of the molecule is C[C@@H]1C(=O)OC2[C@H](OC(=O)NC(C)(C)C)C34[C@@H]5OC(=O)[C@]3(O[C@@H]3OC(=O)[C@H](O)C34[C@H](C(C)(C)C)[C@H]5O)[C@]21O. The molecule has 0 radical (unpaired) electrons. The summed E-state index contributed by atoms with van der Waals surface area (Å²) >= 11 is 0. The maximum absolute atomic E-state index is 13.9. The van der Waals surface area contributed by atoms with Crippen LogP contribution in [0.1, 0.15) is 48.5 Å². The van der Waals surface area contributed by atoms with Gasteiger partial charge in [-0.3, -0.25) is 4.79 Å². The van der Waals surface area contributed by atoms with E-state index in [1.165, 1.54) is 6.92 Å². The van der Waals surface area contributed by atoms with Gasteiger partial charge in [0.2, 0.25) is 11.9 Å². The predicted molar refractivity (Wildman–Crippen MR) is 121 cm³/mol. The Kier molecular flexibility index (Phi) is 4.61. The van der Waals surface area contributed by atoms with Crippen molar-refractivity contribution >= 4 is 24.0 Å². The summed E-state index contributed by atoms with van der Waals surface area (Å²) < 4.78 is 28.9. The van der Waals surface area contributed by atoms with Crippen LogP contribution < -0.4 is 5.32 Å². The van der Waals surface area contributed by atoms with Crippen LogP contribution in [-0.2, 0) is 38.1 Å². The van der Waals surface area contributed by atoms with E-state index in [9.17, 15) is 34.5 Å². The number of hydrogen-bond acceptors (Lipinski definition) is 12. The van der Waals surface area contributed by atoms with E-state index in [0.717, 1.165) is 0 Å². The summed E-state index contributed by atoms with van der Waals surface area (Å²) in [6, 6.07) is 0. The molecular weight excluding hydrogens is 506 g/mol. The number of hydrogen-bond donors (Lipinski definition) is 4. The van der Waals surface area contributed by atoms with Gasteiger partial charge in [0.05, 0.1) is 17.4 Å². The second-order valence-electron chi connectivity index (χ2n) is 13.5. The highest BCUT2D eigenvalue weighted by atomic mass is 16.8. The molecule has 12 atom stereocenters. The molecule has 2 aliphatic carbocycles. The highest BCUT2D eigenvalue weighted by molar-refractivity contribution is 5.94. The van der Waals surface area contributed by atoms with Crippen LogP contribution in [0.15, 0.2) is 0 Å². The number of carbonyl (C=O) groups excluding carboxylic acids is 4. The molecule has 4 aliphatic heterocycles. The zero-order valence-corrected chi connectivity index (χ0v) is 22.1. The van der Waals surface area contributed by atoms with Crippen molar-refractivity contribution in [3.05, 3.63) is 0 Å². The molecule has 210 valence electrons. The first-order valence-corrected chi connectivity index (χ1v) is 12.7. The Balaban J connectivity index is 1.68. The minimum Gasteiger partial charge on any atom is -0.456 e. The lowest BCUT2D eigenvalue weighted by Gasteiger charge is -2.47. The number of carbonyl (C=O) groups is 4. The Morgan fingerprint density at radius 2 is 1.61 bits per heavy atom. The molecule has 2 saturated carbocycles. The first-order valence-electron chi connectivity index (χ1n) is 12.7. The van der Waals surface area contributed by atoms with Gasteiger partial charge in [-0.15, -0.1) is 0 Å². The molecule has 2 spiro atoms. The van der Waals surface area contributed by atoms with Crippen molar-refractivity contribution in [1.29, 1.82) is 0 Å². The molecule has 38 heavy (non-hydrogen) atoms. The second kappa shape index (κ2) is 6.80. The van der Waals surface area contributed by atoms with E-state index in [0.29, 0.717) is 0 Å². The third-order valence-electron chi connectivity index (χ3n) is 9.63. The lowest BCUT2D eigenvalue weighted by molar-refractivity contribution is -0.240. The molecule has 1 amide bonds. The van der Waals surface area contributed by atoms with Gasteiger partial charge in [-0.25, -0.2) is 14.4 Å². The zero-order chi connectivity index (χ0) is 28.2. The first kappa shape index (κ1) is 25.8. The van der Waals surface area contributed by atoms with Gasteiger partial charge < -0.3 is 44.3 Å². The molecule has 4 N–H and O–H groups in total. The number of rotatable bonds is 1. The molecule has 13 heteroatoms. The minimum absolute atomic E-state index is 0.770. The number of amides is 1. The molecule has 0 aromatic rings. The van der Waals surface area contributed by atoms with Gasteiger partial charge in [-0.2, -0.15) is 0 Å². The Labute approximate surface area is 218 Å². The van der Waals surface area contributed by atoms with Gasteiger partial charge in [0, 0.05) is 11.5 Å². The number of alkyl carbamates (subject to hydrolysis) is 1. The quantitative estimate of drug-likeness (QED) is 0.239. The van der Waals surface area contributed by atoms with Crippen LogP contribution in [0.3, 0.4) is 0 Å².